The molecule has 0 radical (unpaired) electrons. The third kappa shape index (κ3) is 6.35. The van der Waals surface area contributed by atoms with Crippen molar-refractivity contribution in [2.75, 3.05) is 25.4 Å². The lowest BCUT2D eigenvalue weighted by Gasteiger charge is -2.08. The Morgan fingerprint density at radius 2 is 2.40 bits per heavy atom. The van der Waals surface area contributed by atoms with Crippen molar-refractivity contribution in [3.8, 4) is 0 Å². The van der Waals surface area contributed by atoms with Gasteiger partial charge in [0.25, 0.3) is 0 Å². The average Bonchev–Trinajstić information content (AvgIpc) is 1.89. The topological polar surface area (TPSA) is 58.3 Å². The summed E-state index contributed by atoms with van der Waals surface area (Å²) in [6, 6.07) is 0. The molecule has 0 rings (SSSR count). The second-order valence-electron chi connectivity index (χ2n) is 2.39. The Morgan fingerprint density at radius 3 is 2.90 bits per heavy atom. The number of hydrogen-bond donors (Lipinski definition) is 3. The normalized spacial score (nSPS) is 13.5. The predicted octanol–water partition coefficient (Wildman–Crippen LogP) is 0.377. The molecule has 0 amide bonds. The van der Waals surface area contributed by atoms with E-state index in [0.717, 1.165) is 30.9 Å². The zero-order valence-corrected chi connectivity index (χ0v) is 7.16. The van der Waals surface area contributed by atoms with Crippen molar-refractivity contribution in [1.82, 2.24) is 5.32 Å². The van der Waals surface area contributed by atoms with Crippen LogP contribution in [0.5, 0.6) is 0 Å². The maximum Gasteiger partial charge on any atom is 0.0233 e. The molecule has 1 unspecified atom stereocenters. The van der Waals surface area contributed by atoms with Crippen LogP contribution in [0.3, 0.4) is 0 Å². The van der Waals surface area contributed by atoms with Crippen molar-refractivity contribution >= 4 is 12.0 Å². The Bertz CT molecular complexity index is 72.8. The number of rotatable bonds is 6. The monoisotopic (exact) mass is 164 g/mol. The maximum absolute atomic E-state index is 8.46. The van der Waals surface area contributed by atoms with Crippen molar-refractivity contribution in [3.63, 3.8) is 0 Å². The predicted molar refractivity (Wildman–Crippen MR) is 46.2 cm³/mol. The van der Waals surface area contributed by atoms with E-state index in [0.29, 0.717) is 12.5 Å². The van der Waals surface area contributed by atoms with Gasteiger partial charge in [-0.25, -0.2) is 0 Å². The first-order valence-electron chi connectivity index (χ1n) is 3.48. The van der Waals surface area contributed by atoms with Gasteiger partial charge in [-0.2, -0.15) is 0 Å². The molecule has 4 heteroatoms. The minimum atomic E-state index is 0.515. The molecule has 1 atom stereocenters. The highest BCUT2D eigenvalue weighted by Crippen LogP contribution is 2.01. The molecule has 0 aliphatic heterocycles. The van der Waals surface area contributed by atoms with Crippen LogP contribution in [-0.2, 0) is 0 Å². The molecule has 0 aromatic carbocycles. The zero-order valence-electron chi connectivity index (χ0n) is 6.34. The Labute approximate surface area is 66.6 Å². The van der Waals surface area contributed by atoms with Gasteiger partial charge in [-0.15, -0.1) is 0 Å². The minimum Gasteiger partial charge on any atom is -0.330 e. The van der Waals surface area contributed by atoms with Gasteiger partial charge in [0.1, 0.15) is 0 Å². The maximum atomic E-state index is 8.46. The standard InChI is InChI=1S/C6H16N2OS/c1-6(5-10-9)4-8-3-2-7/h6,8-9H,2-5,7H2,1H3. The second kappa shape index (κ2) is 7.34. The molecular formula is C6H16N2OS. The Kier molecular flexibility index (Phi) is 7.51. The van der Waals surface area contributed by atoms with Crippen molar-refractivity contribution in [3.05, 3.63) is 0 Å². The Morgan fingerprint density at radius 1 is 1.70 bits per heavy atom. The average molecular weight is 164 g/mol. The molecule has 0 saturated heterocycles. The molecule has 0 aliphatic rings. The largest absolute Gasteiger partial charge is 0.330 e. The van der Waals surface area contributed by atoms with Crippen molar-refractivity contribution in [2.45, 2.75) is 6.92 Å². The van der Waals surface area contributed by atoms with Crippen molar-refractivity contribution in [2.24, 2.45) is 11.7 Å². The molecule has 0 saturated carbocycles. The summed E-state index contributed by atoms with van der Waals surface area (Å²) in [7, 11) is 0. The van der Waals surface area contributed by atoms with Crippen molar-refractivity contribution < 1.29 is 4.55 Å². The fraction of sp³-hybridized carbons (Fsp3) is 1.00. The Balaban J connectivity index is 2.97. The van der Waals surface area contributed by atoms with Gasteiger partial charge in [-0.05, 0) is 24.5 Å². The number of nitrogens with two attached hydrogens (primary N) is 1. The smallest absolute Gasteiger partial charge is 0.0233 e. The summed E-state index contributed by atoms with van der Waals surface area (Å²) in [5.41, 5.74) is 5.27. The Hall–Kier alpha value is 0.230. The van der Waals surface area contributed by atoms with E-state index in [-0.39, 0.29) is 0 Å². The van der Waals surface area contributed by atoms with Crippen LogP contribution >= 0.6 is 12.0 Å². The van der Waals surface area contributed by atoms with E-state index in [2.05, 4.69) is 12.2 Å². The number of nitrogens with one attached hydrogen (secondary N) is 1. The zero-order chi connectivity index (χ0) is 7.82. The van der Waals surface area contributed by atoms with Gasteiger partial charge in [-0.3, -0.25) is 0 Å². The van der Waals surface area contributed by atoms with Crippen LogP contribution in [0.1, 0.15) is 6.92 Å². The quantitative estimate of drug-likeness (QED) is 0.392. The first kappa shape index (κ1) is 10.2. The van der Waals surface area contributed by atoms with E-state index in [1.807, 2.05) is 0 Å². The van der Waals surface area contributed by atoms with Crippen LogP contribution in [0.2, 0.25) is 0 Å². The molecule has 3 nitrogen and oxygen atoms in total. The fourth-order valence-electron chi connectivity index (χ4n) is 0.637. The van der Waals surface area contributed by atoms with E-state index >= 15 is 0 Å². The van der Waals surface area contributed by atoms with Crippen LogP contribution in [0, 0.1) is 5.92 Å². The van der Waals surface area contributed by atoms with Crippen LogP contribution in [0.4, 0.5) is 0 Å². The first-order valence-corrected chi connectivity index (χ1v) is 4.42. The summed E-state index contributed by atoms with van der Waals surface area (Å²) in [4.78, 5) is 0. The fourth-order valence-corrected chi connectivity index (χ4v) is 1.01. The highest BCUT2D eigenvalue weighted by molar-refractivity contribution is 7.93. The first-order chi connectivity index (χ1) is 4.81. The summed E-state index contributed by atoms with van der Waals surface area (Å²) < 4.78 is 8.46. The SMILES string of the molecule is CC(CNCCN)CSO. The van der Waals surface area contributed by atoms with Gasteiger partial charge < -0.3 is 15.6 Å². The minimum absolute atomic E-state index is 0.515. The molecule has 0 fully saturated rings. The van der Waals surface area contributed by atoms with Gasteiger partial charge in [0, 0.05) is 18.8 Å². The van der Waals surface area contributed by atoms with E-state index in [9.17, 15) is 0 Å². The second-order valence-corrected chi connectivity index (χ2v) is 2.99. The summed E-state index contributed by atoms with van der Waals surface area (Å²) in [5.74, 6) is 1.30. The molecule has 0 spiro atoms. The summed E-state index contributed by atoms with van der Waals surface area (Å²) in [6.07, 6.45) is 0. The molecule has 62 valence electrons. The lowest BCUT2D eigenvalue weighted by molar-refractivity contribution is 0.554. The van der Waals surface area contributed by atoms with E-state index in [4.69, 9.17) is 10.3 Å². The summed E-state index contributed by atoms with van der Waals surface area (Å²) in [5, 5.41) is 3.17. The van der Waals surface area contributed by atoms with Crippen LogP contribution in [0.25, 0.3) is 0 Å². The highest BCUT2D eigenvalue weighted by Gasteiger charge is 1.98. The molecule has 0 aliphatic carbocycles. The van der Waals surface area contributed by atoms with Gasteiger partial charge in [-0.1, -0.05) is 6.92 Å². The number of hydrogen-bond acceptors (Lipinski definition) is 4. The molecule has 0 bridgehead atoms. The van der Waals surface area contributed by atoms with Crippen LogP contribution < -0.4 is 11.1 Å². The summed E-state index contributed by atoms with van der Waals surface area (Å²) in [6.45, 7) is 4.57. The molecule has 0 heterocycles. The lowest BCUT2D eigenvalue weighted by Crippen LogP contribution is -2.27. The van der Waals surface area contributed by atoms with Gasteiger partial charge in [0.05, 0.1) is 0 Å². The van der Waals surface area contributed by atoms with Crippen LogP contribution in [0.15, 0.2) is 0 Å². The molecule has 0 aromatic heterocycles. The summed E-state index contributed by atoms with van der Waals surface area (Å²) >= 11 is 0.897. The molecule has 4 N–H and O–H groups in total. The third-order valence-electron chi connectivity index (χ3n) is 1.17. The molecule has 10 heavy (non-hydrogen) atoms. The van der Waals surface area contributed by atoms with E-state index < -0.39 is 0 Å². The van der Waals surface area contributed by atoms with Crippen molar-refractivity contribution in [1.29, 1.82) is 0 Å². The van der Waals surface area contributed by atoms with Gasteiger partial charge in [0.15, 0.2) is 0 Å². The van der Waals surface area contributed by atoms with Crippen LogP contribution in [-0.4, -0.2) is 29.9 Å². The lowest BCUT2D eigenvalue weighted by atomic mass is 10.2. The van der Waals surface area contributed by atoms with E-state index in [1.54, 1.807) is 0 Å². The molecule has 0 aromatic rings. The van der Waals surface area contributed by atoms with Gasteiger partial charge in [0.2, 0.25) is 0 Å². The van der Waals surface area contributed by atoms with Gasteiger partial charge >= 0.3 is 0 Å². The molecular weight excluding hydrogens is 148 g/mol. The van der Waals surface area contributed by atoms with E-state index in [1.165, 1.54) is 0 Å². The highest BCUT2D eigenvalue weighted by atomic mass is 32.2. The third-order valence-corrected chi connectivity index (χ3v) is 1.89.